The third-order valence-electron chi connectivity index (χ3n) is 10.5. The summed E-state index contributed by atoms with van der Waals surface area (Å²) < 4.78 is 13.1. The van der Waals surface area contributed by atoms with E-state index in [2.05, 4.69) is 0 Å². The van der Waals surface area contributed by atoms with Gasteiger partial charge in [0.1, 0.15) is 23.7 Å². The first kappa shape index (κ1) is 32.7. The van der Waals surface area contributed by atoms with Crippen molar-refractivity contribution in [3.63, 3.8) is 0 Å². The van der Waals surface area contributed by atoms with E-state index in [1.165, 1.54) is 4.90 Å². The largest absolute Gasteiger partial charge is 0.455 e. The lowest BCUT2D eigenvalue weighted by Crippen LogP contribution is -2.55. The molecule has 2 fully saturated rings. The number of aliphatic hydroxyl groups is 1. The van der Waals surface area contributed by atoms with Gasteiger partial charge in [-0.05, 0) is 48.2 Å². The van der Waals surface area contributed by atoms with Crippen LogP contribution in [0.5, 0.6) is 0 Å². The Bertz CT molecular complexity index is 1830. The van der Waals surface area contributed by atoms with Gasteiger partial charge < -0.3 is 29.3 Å². The van der Waals surface area contributed by atoms with E-state index in [0.29, 0.717) is 12.1 Å². The Morgan fingerprint density at radius 1 is 0.918 bits per heavy atom. The van der Waals surface area contributed by atoms with Crippen LogP contribution in [-0.4, -0.2) is 89.1 Å². The summed E-state index contributed by atoms with van der Waals surface area (Å²) in [6, 6.07) is 21.4. The fraction of sp³-hybridized carbons (Fsp3) is 0.385. The number of fused-ring (bicyclic) bond motifs is 3. The van der Waals surface area contributed by atoms with Crippen LogP contribution in [0.15, 0.2) is 97.1 Å². The number of likely N-dealkylation sites (N-methyl/N-ethyl adjacent to an activating group) is 1. The standard InChI is InChI=1S/C39H41N3O7/c1-25-34(27-13-4-3-5-14-27)48-38(47)32-30(16-8-9-17-31(44)40(25)2)49-39-20-10-21-41(29-19-18-26-12-6-7-15-28(26)24-29)37(46)35(39)42(22-11-23-43)36(45)33(32)39/h3-8,10,12-16,18-20,24-25,30,32-35,43H,9,11,17,21-23H2,1-2H3/b16-8-/t25-,30-,32+,33+,34+,35-,39+/m0/s1. The van der Waals surface area contributed by atoms with Gasteiger partial charge in [-0.1, -0.05) is 85.0 Å². The zero-order valence-corrected chi connectivity index (χ0v) is 27.7. The van der Waals surface area contributed by atoms with E-state index in [-0.39, 0.29) is 44.4 Å². The average molecular weight is 664 g/mol. The zero-order chi connectivity index (χ0) is 34.3. The maximum Gasteiger partial charge on any atom is 0.313 e. The Morgan fingerprint density at radius 3 is 2.45 bits per heavy atom. The van der Waals surface area contributed by atoms with Gasteiger partial charge >= 0.3 is 5.97 Å². The minimum absolute atomic E-state index is 0.0881. The van der Waals surface area contributed by atoms with Crippen molar-refractivity contribution in [3.05, 3.63) is 103 Å². The van der Waals surface area contributed by atoms with Crippen molar-refractivity contribution in [3.8, 4) is 0 Å². The highest BCUT2D eigenvalue weighted by molar-refractivity contribution is 6.06. The Morgan fingerprint density at radius 2 is 1.67 bits per heavy atom. The number of hydrogen-bond donors (Lipinski definition) is 1. The number of esters is 1. The normalized spacial score (nSPS) is 31.0. The number of carbonyl (C=O) groups is 4. The molecule has 1 N–H and O–H groups in total. The van der Waals surface area contributed by atoms with E-state index in [1.54, 1.807) is 29.0 Å². The van der Waals surface area contributed by atoms with Crippen LogP contribution in [0.1, 0.15) is 37.9 Å². The lowest BCUT2D eigenvalue weighted by atomic mass is 9.77. The Labute approximate surface area is 285 Å². The Kier molecular flexibility index (Phi) is 8.85. The number of aliphatic hydroxyl groups excluding tert-OH is 1. The van der Waals surface area contributed by atoms with Crippen LogP contribution in [0.4, 0.5) is 5.69 Å². The molecule has 3 aromatic carbocycles. The molecule has 0 unspecified atom stereocenters. The summed E-state index contributed by atoms with van der Waals surface area (Å²) in [4.78, 5) is 61.8. The summed E-state index contributed by atoms with van der Waals surface area (Å²) in [5.74, 6) is -3.55. The van der Waals surface area contributed by atoms with E-state index < -0.39 is 53.6 Å². The number of allylic oxidation sites excluding steroid dienone is 1. The third kappa shape index (κ3) is 5.62. The van der Waals surface area contributed by atoms with Crippen molar-refractivity contribution >= 4 is 40.2 Å². The Balaban J connectivity index is 1.31. The Hall–Kier alpha value is -4.80. The van der Waals surface area contributed by atoms with Crippen LogP contribution in [0.25, 0.3) is 10.8 Å². The molecule has 10 heteroatoms. The predicted molar refractivity (Wildman–Crippen MR) is 183 cm³/mol. The fourth-order valence-corrected chi connectivity index (χ4v) is 7.95. The molecule has 0 radical (unpaired) electrons. The molecule has 4 aliphatic heterocycles. The van der Waals surface area contributed by atoms with Crippen LogP contribution in [0.2, 0.25) is 0 Å². The SMILES string of the molecule is C[C@H]1[C@H](c2ccccc2)OC(=O)[C@@H]2[C@H](/C=C\CCC(=O)N1C)O[C@@]13C=CCN(c4ccc5ccccc5c4)C(=O)[C@@H]1N(CCCO)C(=O)[C@@H]23. The molecule has 10 nitrogen and oxygen atoms in total. The molecule has 0 aromatic heterocycles. The number of carbonyl (C=O) groups excluding carboxylic acids is 4. The van der Waals surface area contributed by atoms with Gasteiger partial charge in [0.05, 0.1) is 18.1 Å². The van der Waals surface area contributed by atoms with Gasteiger partial charge in [0.2, 0.25) is 11.8 Å². The molecule has 49 heavy (non-hydrogen) atoms. The molecule has 1 spiro atoms. The minimum atomic E-state index is -1.46. The molecule has 3 aromatic rings. The number of rotatable bonds is 5. The van der Waals surface area contributed by atoms with Gasteiger partial charge in [-0.25, -0.2) is 0 Å². The maximum atomic E-state index is 14.8. The number of nitrogens with zero attached hydrogens (tertiary/aromatic N) is 3. The van der Waals surface area contributed by atoms with Gasteiger partial charge in [-0.3, -0.25) is 19.2 Å². The molecular formula is C39H41N3O7. The number of likely N-dealkylation sites (tertiary alicyclic amines) is 1. The van der Waals surface area contributed by atoms with Gasteiger partial charge in [0, 0.05) is 38.9 Å². The average Bonchev–Trinajstić information content (AvgIpc) is 3.50. The number of cyclic esters (lactones) is 1. The monoisotopic (exact) mass is 663 g/mol. The van der Waals surface area contributed by atoms with E-state index in [0.717, 1.165) is 16.3 Å². The topological polar surface area (TPSA) is 117 Å². The summed E-state index contributed by atoms with van der Waals surface area (Å²) in [5.41, 5.74) is -0.0635. The summed E-state index contributed by atoms with van der Waals surface area (Å²) in [6.07, 6.45) is 6.40. The molecule has 0 bridgehead atoms. The van der Waals surface area contributed by atoms with Crippen molar-refractivity contribution in [1.29, 1.82) is 0 Å². The summed E-state index contributed by atoms with van der Waals surface area (Å²) in [6.45, 7) is 2.03. The van der Waals surface area contributed by atoms with E-state index in [4.69, 9.17) is 9.47 Å². The molecule has 2 saturated heterocycles. The van der Waals surface area contributed by atoms with Crippen LogP contribution in [0, 0.1) is 11.8 Å². The number of anilines is 1. The number of hydrogen-bond acceptors (Lipinski definition) is 7. The summed E-state index contributed by atoms with van der Waals surface area (Å²) in [5, 5.41) is 11.8. The second-order valence-electron chi connectivity index (χ2n) is 13.3. The predicted octanol–water partition coefficient (Wildman–Crippen LogP) is 4.19. The van der Waals surface area contributed by atoms with Gasteiger partial charge in [0.15, 0.2) is 0 Å². The molecule has 7 rings (SSSR count). The van der Waals surface area contributed by atoms with E-state index in [1.807, 2.05) is 91.9 Å². The van der Waals surface area contributed by atoms with Crippen LogP contribution in [0.3, 0.4) is 0 Å². The van der Waals surface area contributed by atoms with Gasteiger partial charge in [-0.15, -0.1) is 0 Å². The quantitative estimate of drug-likeness (QED) is 0.322. The highest BCUT2D eigenvalue weighted by Gasteiger charge is 2.71. The van der Waals surface area contributed by atoms with E-state index in [9.17, 15) is 24.3 Å². The molecule has 254 valence electrons. The summed E-state index contributed by atoms with van der Waals surface area (Å²) >= 11 is 0. The van der Waals surface area contributed by atoms with E-state index >= 15 is 0 Å². The molecule has 0 aliphatic carbocycles. The lowest BCUT2D eigenvalue weighted by Gasteiger charge is -2.35. The smallest absolute Gasteiger partial charge is 0.313 e. The minimum Gasteiger partial charge on any atom is -0.455 e. The van der Waals surface area contributed by atoms with Crippen molar-refractivity contribution in [2.45, 2.75) is 56.1 Å². The van der Waals surface area contributed by atoms with Gasteiger partial charge in [0.25, 0.3) is 5.91 Å². The number of ether oxygens (including phenoxy) is 2. The molecule has 4 heterocycles. The van der Waals surface area contributed by atoms with Crippen LogP contribution < -0.4 is 4.90 Å². The number of amides is 3. The first-order valence-corrected chi connectivity index (χ1v) is 17.0. The van der Waals surface area contributed by atoms with Crippen LogP contribution >= 0.6 is 0 Å². The highest BCUT2D eigenvalue weighted by atomic mass is 16.6. The van der Waals surface area contributed by atoms with Crippen molar-refractivity contribution in [2.75, 3.05) is 31.6 Å². The maximum absolute atomic E-state index is 14.8. The number of benzene rings is 3. The van der Waals surface area contributed by atoms with Crippen molar-refractivity contribution in [1.82, 2.24) is 9.80 Å². The molecule has 3 amide bonds. The fourth-order valence-electron chi connectivity index (χ4n) is 7.95. The molecule has 4 aliphatic rings. The van der Waals surface area contributed by atoms with Gasteiger partial charge in [-0.2, -0.15) is 0 Å². The first-order chi connectivity index (χ1) is 23.7. The molecule has 0 saturated carbocycles. The summed E-state index contributed by atoms with van der Waals surface area (Å²) in [7, 11) is 1.70. The molecular weight excluding hydrogens is 622 g/mol. The highest BCUT2D eigenvalue weighted by Crippen LogP contribution is 2.53. The zero-order valence-electron chi connectivity index (χ0n) is 27.7. The van der Waals surface area contributed by atoms with Crippen LogP contribution in [-0.2, 0) is 28.7 Å². The lowest BCUT2D eigenvalue weighted by molar-refractivity contribution is -0.164. The van der Waals surface area contributed by atoms with Crippen molar-refractivity contribution < 1.29 is 33.8 Å². The second-order valence-corrected chi connectivity index (χ2v) is 13.3. The third-order valence-corrected chi connectivity index (χ3v) is 10.5. The first-order valence-electron chi connectivity index (χ1n) is 17.0. The molecule has 7 atom stereocenters. The second kappa shape index (κ2) is 13.2. The van der Waals surface area contributed by atoms with Crippen molar-refractivity contribution in [2.24, 2.45) is 11.8 Å².